The fourth-order valence-corrected chi connectivity index (χ4v) is 8.62. The summed E-state index contributed by atoms with van der Waals surface area (Å²) in [5.74, 6) is 0.310. The summed E-state index contributed by atoms with van der Waals surface area (Å²) < 4.78 is 8.98. The molecule has 0 bridgehead atoms. The number of hydrogen-bond acceptors (Lipinski definition) is 13. The third-order valence-electron chi connectivity index (χ3n) is 11.6. The number of rotatable bonds is 11. The predicted octanol–water partition coefficient (Wildman–Crippen LogP) is 3.73. The Hall–Kier alpha value is -5.81. The summed E-state index contributed by atoms with van der Waals surface area (Å²) >= 11 is 6.61. The van der Waals surface area contributed by atoms with Gasteiger partial charge in [0.2, 0.25) is 17.8 Å². The second kappa shape index (κ2) is 16.4. The second-order valence-electron chi connectivity index (χ2n) is 16.0. The standard InChI is InChI=1S/C41H49ClN12O5/c1-23(2)54-38-26(15-33(40(54)58)59-22-35(56)43-4)14-27(17-44-38)46-37-31(42)18-45-41(48-37)53-13-12-51(24(3)19-53)20-25-10-11-52(21-25)28-6-7-29-32(16-28)50(5)49-36(29)30-8-9-34(55)47-39(30)57/h6-7,14-18,23-25,30H,8-13,19-22H2,1-5H3,(H,43,56)(H,45,46,48)(H,47,55,57)/t24-,25+,30?/m0/s1. The van der Waals surface area contributed by atoms with E-state index in [1.54, 1.807) is 23.0 Å². The third-order valence-corrected chi connectivity index (χ3v) is 11.9. The largest absolute Gasteiger partial charge is 0.478 e. The number of piperazine rings is 1. The van der Waals surface area contributed by atoms with Crippen LogP contribution >= 0.6 is 11.6 Å². The Morgan fingerprint density at radius 1 is 1.03 bits per heavy atom. The quantitative estimate of drug-likeness (QED) is 0.164. The highest BCUT2D eigenvalue weighted by Gasteiger charge is 2.33. The third kappa shape index (κ3) is 8.13. The van der Waals surface area contributed by atoms with Crippen LogP contribution in [0.2, 0.25) is 5.02 Å². The first-order valence-corrected chi connectivity index (χ1v) is 20.5. The smallest absolute Gasteiger partial charge is 0.294 e. The molecule has 7 heterocycles. The number of fused-ring (bicyclic) bond motifs is 2. The molecule has 17 nitrogen and oxygen atoms in total. The Kier molecular flexibility index (Phi) is 11.1. The molecule has 3 aliphatic heterocycles. The molecule has 4 aromatic heterocycles. The minimum Gasteiger partial charge on any atom is -0.478 e. The number of anilines is 4. The van der Waals surface area contributed by atoms with Gasteiger partial charge in [0.15, 0.2) is 18.2 Å². The molecular formula is C41H49ClN12O5. The number of aryl methyl sites for hydroxylation is 1. The van der Waals surface area contributed by atoms with Crippen molar-refractivity contribution in [2.75, 3.05) is 68.0 Å². The van der Waals surface area contributed by atoms with Gasteiger partial charge in [-0.25, -0.2) is 9.97 Å². The first kappa shape index (κ1) is 40.0. The van der Waals surface area contributed by atoms with Crippen LogP contribution in [0.15, 0.2) is 47.5 Å². The molecule has 0 aliphatic carbocycles. The van der Waals surface area contributed by atoms with Crippen LogP contribution < -0.4 is 36.0 Å². The summed E-state index contributed by atoms with van der Waals surface area (Å²) in [4.78, 5) is 70.6. The van der Waals surface area contributed by atoms with Crippen LogP contribution in [0, 0.1) is 5.92 Å². The molecule has 3 N–H and O–H groups in total. The Bertz CT molecular complexity index is 2500. The number of hydrogen-bond donors (Lipinski definition) is 3. The number of carbonyl (C=O) groups excluding carboxylic acids is 3. The fourth-order valence-electron chi connectivity index (χ4n) is 8.48. The van der Waals surface area contributed by atoms with E-state index in [4.69, 9.17) is 26.4 Å². The molecule has 1 aromatic carbocycles. The highest BCUT2D eigenvalue weighted by molar-refractivity contribution is 6.33. The van der Waals surface area contributed by atoms with E-state index < -0.39 is 5.92 Å². The molecule has 0 saturated carbocycles. The predicted molar refractivity (Wildman–Crippen MR) is 226 cm³/mol. The number of ether oxygens (including phenoxy) is 1. The molecule has 3 aliphatic rings. The minimum absolute atomic E-state index is 0.0562. The van der Waals surface area contributed by atoms with E-state index in [9.17, 15) is 19.2 Å². The van der Waals surface area contributed by atoms with Gasteiger partial charge in [0.05, 0.1) is 35.2 Å². The molecule has 0 spiro atoms. The SMILES string of the molecule is CNC(=O)COc1cc2cc(Nc3nc(N4CCN(C[C@H]5CCN(c6ccc7c(C8CCC(=O)NC8=O)nn(C)c7c6)C5)[C@@H](C)C4)ncc3Cl)cnc2n(C(C)C)c1=O. The van der Waals surface area contributed by atoms with Crippen LogP contribution in [0.5, 0.6) is 5.75 Å². The Morgan fingerprint density at radius 3 is 2.63 bits per heavy atom. The topological polar surface area (TPSA) is 185 Å². The zero-order valence-electron chi connectivity index (χ0n) is 33.9. The van der Waals surface area contributed by atoms with Crippen molar-refractivity contribution in [3.8, 4) is 5.75 Å². The number of nitrogens with one attached hydrogen (secondary N) is 3. The summed E-state index contributed by atoms with van der Waals surface area (Å²) in [5, 5.41) is 14.9. The van der Waals surface area contributed by atoms with Crippen LogP contribution in [-0.4, -0.2) is 111 Å². The molecule has 59 heavy (non-hydrogen) atoms. The fraction of sp³-hybridized carbons (Fsp3) is 0.463. The van der Waals surface area contributed by atoms with Crippen molar-refractivity contribution in [3.05, 3.63) is 63.8 Å². The van der Waals surface area contributed by atoms with Crippen LogP contribution in [-0.2, 0) is 21.4 Å². The van der Waals surface area contributed by atoms with Crippen molar-refractivity contribution >= 4 is 74.4 Å². The number of imide groups is 1. The zero-order valence-corrected chi connectivity index (χ0v) is 34.6. The number of piperidine rings is 1. The summed E-state index contributed by atoms with van der Waals surface area (Å²) in [6, 6.07) is 9.87. The van der Waals surface area contributed by atoms with Gasteiger partial charge in [-0.2, -0.15) is 10.1 Å². The second-order valence-corrected chi connectivity index (χ2v) is 16.4. The Balaban J connectivity index is 0.902. The van der Waals surface area contributed by atoms with Gasteiger partial charge in [0.1, 0.15) is 10.7 Å². The van der Waals surface area contributed by atoms with Crippen molar-refractivity contribution < 1.29 is 19.1 Å². The molecule has 3 amide bonds. The summed E-state index contributed by atoms with van der Waals surface area (Å²) in [6.45, 7) is 11.0. The Morgan fingerprint density at radius 2 is 1.86 bits per heavy atom. The molecular weight excluding hydrogens is 776 g/mol. The van der Waals surface area contributed by atoms with E-state index in [-0.39, 0.29) is 47.7 Å². The highest BCUT2D eigenvalue weighted by atomic mass is 35.5. The van der Waals surface area contributed by atoms with E-state index in [0.717, 1.165) is 68.0 Å². The van der Waals surface area contributed by atoms with Crippen LogP contribution in [0.1, 0.15) is 57.7 Å². The van der Waals surface area contributed by atoms with Crippen molar-refractivity contribution in [1.29, 1.82) is 0 Å². The van der Waals surface area contributed by atoms with Gasteiger partial charge in [0.25, 0.3) is 11.5 Å². The molecule has 3 fully saturated rings. The van der Waals surface area contributed by atoms with Gasteiger partial charge < -0.3 is 25.2 Å². The monoisotopic (exact) mass is 824 g/mol. The number of pyridine rings is 2. The maximum absolute atomic E-state index is 13.2. The average molecular weight is 825 g/mol. The number of amides is 3. The van der Waals surface area contributed by atoms with Gasteiger partial charge in [0, 0.05) is 88.3 Å². The zero-order chi connectivity index (χ0) is 41.5. The molecule has 0 radical (unpaired) electrons. The van der Waals surface area contributed by atoms with Crippen molar-refractivity contribution in [2.24, 2.45) is 13.0 Å². The number of aromatic nitrogens is 6. The van der Waals surface area contributed by atoms with Crippen molar-refractivity contribution in [1.82, 2.24) is 44.8 Å². The first-order chi connectivity index (χ1) is 28.4. The molecule has 3 saturated heterocycles. The molecule has 1 unspecified atom stereocenters. The maximum atomic E-state index is 13.2. The first-order valence-electron chi connectivity index (χ1n) is 20.1. The normalized spacial score (nSPS) is 20.2. The lowest BCUT2D eigenvalue weighted by Gasteiger charge is -2.41. The van der Waals surface area contributed by atoms with Crippen molar-refractivity contribution in [2.45, 2.75) is 58.0 Å². The van der Waals surface area contributed by atoms with Crippen LogP contribution in [0.4, 0.5) is 23.1 Å². The Labute approximate surface area is 346 Å². The summed E-state index contributed by atoms with van der Waals surface area (Å²) in [7, 11) is 3.41. The van der Waals surface area contributed by atoms with Crippen molar-refractivity contribution in [3.63, 3.8) is 0 Å². The molecule has 3 atom stereocenters. The number of likely N-dealkylation sites (N-methyl/N-ethyl adjacent to an activating group) is 1. The van der Waals surface area contributed by atoms with Gasteiger partial charge in [-0.15, -0.1) is 0 Å². The van der Waals surface area contributed by atoms with E-state index in [1.165, 1.54) is 7.05 Å². The van der Waals surface area contributed by atoms with E-state index in [1.807, 2.05) is 31.6 Å². The van der Waals surface area contributed by atoms with Gasteiger partial charge in [-0.3, -0.25) is 38.6 Å². The van der Waals surface area contributed by atoms with Gasteiger partial charge in [-0.1, -0.05) is 11.6 Å². The number of nitrogens with zero attached hydrogens (tertiary/aromatic N) is 9. The lowest BCUT2D eigenvalue weighted by molar-refractivity contribution is -0.134. The van der Waals surface area contributed by atoms with Crippen LogP contribution in [0.3, 0.4) is 0 Å². The molecule has 8 rings (SSSR count). The van der Waals surface area contributed by atoms with Gasteiger partial charge in [-0.05, 0) is 69.9 Å². The number of carbonyl (C=O) groups is 3. The lowest BCUT2D eigenvalue weighted by Crippen LogP contribution is -2.53. The number of benzene rings is 1. The molecule has 310 valence electrons. The molecule has 18 heteroatoms. The minimum atomic E-state index is -0.424. The lowest BCUT2D eigenvalue weighted by atomic mass is 9.93. The summed E-state index contributed by atoms with van der Waals surface area (Å²) in [5.41, 5.74) is 3.58. The van der Waals surface area contributed by atoms with E-state index in [2.05, 4.69) is 65.7 Å². The number of halogens is 1. The van der Waals surface area contributed by atoms with Crippen LogP contribution in [0.25, 0.3) is 21.9 Å². The van der Waals surface area contributed by atoms with E-state index in [0.29, 0.717) is 52.3 Å². The summed E-state index contributed by atoms with van der Waals surface area (Å²) in [6.07, 6.45) is 5.12. The van der Waals surface area contributed by atoms with E-state index >= 15 is 0 Å². The van der Waals surface area contributed by atoms with Gasteiger partial charge >= 0.3 is 0 Å². The highest BCUT2D eigenvalue weighted by Crippen LogP contribution is 2.34. The average Bonchev–Trinajstić information content (AvgIpc) is 3.82. The molecule has 5 aromatic rings. The maximum Gasteiger partial charge on any atom is 0.294 e.